The first-order valence-electron chi connectivity index (χ1n) is 8.16. The molecule has 4 aliphatic rings. The van der Waals surface area contributed by atoms with Gasteiger partial charge in [0.2, 0.25) is 5.91 Å². The van der Waals surface area contributed by atoms with Gasteiger partial charge in [0, 0.05) is 19.5 Å². The van der Waals surface area contributed by atoms with Crippen molar-refractivity contribution in [1.29, 1.82) is 0 Å². The average molecular weight is 301 g/mol. The molecule has 4 aliphatic carbocycles. The topological polar surface area (TPSA) is 41.1 Å². The maximum atomic E-state index is 12.2. The van der Waals surface area contributed by atoms with Gasteiger partial charge in [0.1, 0.15) is 0 Å². The molecule has 0 unspecified atom stereocenters. The van der Waals surface area contributed by atoms with Crippen molar-refractivity contribution in [2.24, 2.45) is 23.2 Å². The number of hydrogen-bond acceptors (Lipinski definition) is 2. The van der Waals surface area contributed by atoms with Crippen LogP contribution in [0, 0.1) is 23.2 Å². The standard InChI is InChI=1S/C16H28N2O.ClH/c1-2-17-3-4-18-15(19)11-16-8-12-5-13(9-16)7-14(6-12)10-16;/h12-14,17H,2-11H2,1H3,(H,18,19);1H. The molecule has 2 N–H and O–H groups in total. The number of carbonyl (C=O) groups is 1. The number of nitrogens with one attached hydrogen (secondary N) is 2. The van der Waals surface area contributed by atoms with Crippen molar-refractivity contribution in [3.63, 3.8) is 0 Å². The van der Waals surface area contributed by atoms with Crippen LogP contribution in [-0.4, -0.2) is 25.5 Å². The van der Waals surface area contributed by atoms with Crippen molar-refractivity contribution in [2.75, 3.05) is 19.6 Å². The van der Waals surface area contributed by atoms with Crippen molar-refractivity contribution in [2.45, 2.75) is 51.9 Å². The second kappa shape index (κ2) is 6.65. The summed E-state index contributed by atoms with van der Waals surface area (Å²) in [7, 11) is 0. The predicted octanol–water partition coefficient (Wildman–Crippen LogP) is 2.74. The molecule has 116 valence electrons. The lowest BCUT2D eigenvalue weighted by atomic mass is 9.49. The maximum absolute atomic E-state index is 12.2. The van der Waals surface area contributed by atoms with Gasteiger partial charge in [0.25, 0.3) is 0 Å². The Morgan fingerprint density at radius 2 is 1.60 bits per heavy atom. The summed E-state index contributed by atoms with van der Waals surface area (Å²) in [6.07, 6.45) is 9.17. The van der Waals surface area contributed by atoms with E-state index in [1.165, 1.54) is 38.5 Å². The second-order valence-corrected chi connectivity index (χ2v) is 7.30. The highest BCUT2D eigenvalue weighted by molar-refractivity contribution is 5.85. The van der Waals surface area contributed by atoms with E-state index in [0.29, 0.717) is 11.3 Å². The van der Waals surface area contributed by atoms with E-state index in [2.05, 4.69) is 17.6 Å². The van der Waals surface area contributed by atoms with Crippen LogP contribution in [0.4, 0.5) is 0 Å². The van der Waals surface area contributed by atoms with Crippen LogP contribution < -0.4 is 10.6 Å². The normalized spacial score (nSPS) is 37.5. The minimum absolute atomic E-state index is 0. The number of amides is 1. The molecule has 0 saturated heterocycles. The van der Waals surface area contributed by atoms with Crippen molar-refractivity contribution in [3.05, 3.63) is 0 Å². The average Bonchev–Trinajstić information content (AvgIpc) is 2.32. The predicted molar refractivity (Wildman–Crippen MR) is 84.0 cm³/mol. The molecule has 4 heteroatoms. The zero-order valence-electron chi connectivity index (χ0n) is 12.6. The zero-order valence-corrected chi connectivity index (χ0v) is 13.4. The first-order chi connectivity index (χ1) is 9.19. The van der Waals surface area contributed by atoms with Gasteiger partial charge in [-0.1, -0.05) is 6.92 Å². The van der Waals surface area contributed by atoms with Gasteiger partial charge in [-0.15, -0.1) is 12.4 Å². The second-order valence-electron chi connectivity index (χ2n) is 7.30. The van der Waals surface area contributed by atoms with Gasteiger partial charge in [-0.05, 0) is 68.2 Å². The molecule has 0 aromatic rings. The van der Waals surface area contributed by atoms with Gasteiger partial charge >= 0.3 is 0 Å². The van der Waals surface area contributed by atoms with E-state index in [9.17, 15) is 4.79 Å². The molecule has 3 nitrogen and oxygen atoms in total. The molecule has 0 radical (unpaired) electrons. The van der Waals surface area contributed by atoms with Gasteiger partial charge in [-0.2, -0.15) is 0 Å². The van der Waals surface area contributed by atoms with Crippen LogP contribution in [0.5, 0.6) is 0 Å². The number of likely N-dealkylation sites (N-methyl/N-ethyl adjacent to an activating group) is 1. The van der Waals surface area contributed by atoms with E-state index >= 15 is 0 Å². The van der Waals surface area contributed by atoms with Gasteiger partial charge in [-0.3, -0.25) is 4.79 Å². The fourth-order valence-electron chi connectivity index (χ4n) is 5.38. The molecule has 4 saturated carbocycles. The number of hydrogen-bond donors (Lipinski definition) is 2. The Balaban J connectivity index is 0.00000147. The molecule has 1 amide bonds. The quantitative estimate of drug-likeness (QED) is 0.741. The summed E-state index contributed by atoms with van der Waals surface area (Å²) in [5, 5.41) is 6.34. The molecule has 4 bridgehead atoms. The van der Waals surface area contributed by atoms with Crippen LogP contribution in [0.2, 0.25) is 0 Å². The summed E-state index contributed by atoms with van der Waals surface area (Å²) in [5.41, 5.74) is 0.386. The fraction of sp³-hybridized carbons (Fsp3) is 0.938. The van der Waals surface area contributed by atoms with Crippen molar-refractivity contribution in [1.82, 2.24) is 10.6 Å². The molecule has 0 aromatic heterocycles. The molecule has 0 aromatic carbocycles. The van der Waals surface area contributed by atoms with Crippen LogP contribution >= 0.6 is 12.4 Å². The monoisotopic (exact) mass is 300 g/mol. The lowest BCUT2D eigenvalue weighted by molar-refractivity contribution is -0.129. The third-order valence-corrected chi connectivity index (χ3v) is 5.57. The van der Waals surface area contributed by atoms with E-state index < -0.39 is 0 Å². The highest BCUT2D eigenvalue weighted by Crippen LogP contribution is 2.61. The van der Waals surface area contributed by atoms with E-state index in [1.54, 1.807) is 0 Å². The van der Waals surface area contributed by atoms with Gasteiger partial charge < -0.3 is 10.6 Å². The smallest absolute Gasteiger partial charge is 0.220 e. The van der Waals surface area contributed by atoms with Gasteiger partial charge in [0.15, 0.2) is 0 Å². The minimum Gasteiger partial charge on any atom is -0.355 e. The number of rotatable bonds is 6. The first-order valence-corrected chi connectivity index (χ1v) is 8.16. The molecule has 0 spiro atoms. The lowest BCUT2D eigenvalue weighted by Gasteiger charge is -2.56. The molecule has 4 fully saturated rings. The minimum atomic E-state index is 0. The SMILES string of the molecule is CCNCCNC(=O)CC12CC3CC(CC(C3)C1)C2.Cl. The van der Waals surface area contributed by atoms with Crippen molar-refractivity contribution in [3.8, 4) is 0 Å². The Hall–Kier alpha value is -0.280. The Bertz CT molecular complexity index is 310. The molecule has 20 heavy (non-hydrogen) atoms. The summed E-state index contributed by atoms with van der Waals surface area (Å²) in [6.45, 7) is 4.74. The highest BCUT2D eigenvalue weighted by atomic mass is 35.5. The summed E-state index contributed by atoms with van der Waals surface area (Å²) in [5.74, 6) is 3.13. The maximum Gasteiger partial charge on any atom is 0.220 e. The summed E-state index contributed by atoms with van der Waals surface area (Å²) in [4.78, 5) is 12.2. The van der Waals surface area contributed by atoms with Crippen LogP contribution in [0.15, 0.2) is 0 Å². The van der Waals surface area contributed by atoms with E-state index in [-0.39, 0.29) is 12.4 Å². The molecule has 0 heterocycles. The molecule has 0 atom stereocenters. The number of carbonyl (C=O) groups excluding carboxylic acids is 1. The molecular formula is C16H29ClN2O. The van der Waals surface area contributed by atoms with Crippen LogP contribution in [0.3, 0.4) is 0 Å². The van der Waals surface area contributed by atoms with E-state index in [0.717, 1.165) is 43.8 Å². The Kier molecular flexibility index (Phi) is 5.36. The third-order valence-electron chi connectivity index (χ3n) is 5.57. The van der Waals surface area contributed by atoms with Crippen LogP contribution in [0.25, 0.3) is 0 Å². The summed E-state index contributed by atoms with van der Waals surface area (Å²) < 4.78 is 0. The summed E-state index contributed by atoms with van der Waals surface area (Å²) in [6, 6.07) is 0. The molecule has 4 rings (SSSR count). The van der Waals surface area contributed by atoms with E-state index in [1.807, 2.05) is 0 Å². The highest BCUT2D eigenvalue weighted by Gasteiger charge is 2.51. The zero-order chi connectivity index (χ0) is 13.3. The Morgan fingerprint density at radius 1 is 1.05 bits per heavy atom. The van der Waals surface area contributed by atoms with Crippen molar-refractivity contribution < 1.29 is 4.79 Å². The lowest BCUT2D eigenvalue weighted by Crippen LogP contribution is -2.48. The third kappa shape index (κ3) is 3.48. The number of halogens is 1. The Morgan fingerprint density at radius 3 is 2.10 bits per heavy atom. The van der Waals surface area contributed by atoms with Gasteiger partial charge in [0.05, 0.1) is 0 Å². The molecular weight excluding hydrogens is 272 g/mol. The summed E-state index contributed by atoms with van der Waals surface area (Å²) >= 11 is 0. The fourth-order valence-corrected chi connectivity index (χ4v) is 5.38. The van der Waals surface area contributed by atoms with Crippen LogP contribution in [0.1, 0.15) is 51.9 Å². The Labute approximate surface area is 129 Å². The van der Waals surface area contributed by atoms with Gasteiger partial charge in [-0.25, -0.2) is 0 Å². The van der Waals surface area contributed by atoms with Crippen molar-refractivity contribution >= 4 is 18.3 Å². The van der Waals surface area contributed by atoms with E-state index in [4.69, 9.17) is 0 Å². The first kappa shape index (κ1) is 16.1. The molecule has 0 aliphatic heterocycles. The largest absolute Gasteiger partial charge is 0.355 e. The van der Waals surface area contributed by atoms with Crippen LogP contribution in [-0.2, 0) is 4.79 Å².